The Morgan fingerprint density at radius 3 is 2.50 bits per heavy atom. The van der Waals surface area contributed by atoms with Crippen molar-refractivity contribution >= 4 is 55.5 Å². The Bertz CT molecular complexity index is 1640. The number of azo groups is 1. The molecule has 0 heterocycles. The molecule has 4 aromatic rings. The second-order valence-corrected chi connectivity index (χ2v) is 9.57. The van der Waals surface area contributed by atoms with Gasteiger partial charge in [0, 0.05) is 22.2 Å². The molecule has 0 atom stereocenters. The van der Waals surface area contributed by atoms with Crippen LogP contribution in [0.5, 0.6) is 11.5 Å². The van der Waals surface area contributed by atoms with E-state index in [1.54, 1.807) is 55.5 Å². The SMILES string of the molecule is COc1cccc(NC(=O)c2cc3ccccc3c(N=Nc3cc(C)c(Cl)cc3S(=O)(=O)O)c2O)c1. The Balaban J connectivity index is 1.83. The second-order valence-electron chi connectivity index (χ2n) is 7.77. The number of ether oxygens (including phenoxy) is 1. The van der Waals surface area contributed by atoms with E-state index in [-0.39, 0.29) is 22.0 Å². The number of nitrogens with zero attached hydrogens (tertiary/aromatic N) is 2. The molecule has 36 heavy (non-hydrogen) atoms. The summed E-state index contributed by atoms with van der Waals surface area (Å²) < 4.78 is 38.5. The number of phenols is 1. The largest absolute Gasteiger partial charge is 0.505 e. The Kier molecular flexibility index (Phi) is 6.93. The number of carbonyl (C=O) groups excluding carboxylic acids is 1. The molecule has 0 aromatic heterocycles. The van der Waals surface area contributed by atoms with E-state index in [1.165, 1.54) is 19.2 Å². The van der Waals surface area contributed by atoms with Gasteiger partial charge in [-0.1, -0.05) is 41.9 Å². The number of amides is 1. The number of nitrogens with one attached hydrogen (secondary N) is 1. The lowest BCUT2D eigenvalue weighted by atomic mass is 10.0. The number of aromatic hydroxyl groups is 1. The summed E-state index contributed by atoms with van der Waals surface area (Å²) in [6, 6.07) is 17.5. The average Bonchev–Trinajstić information content (AvgIpc) is 2.84. The highest BCUT2D eigenvalue weighted by Crippen LogP contribution is 2.40. The van der Waals surface area contributed by atoms with Gasteiger partial charge in [0.2, 0.25) is 0 Å². The number of hydrogen-bond acceptors (Lipinski definition) is 7. The summed E-state index contributed by atoms with van der Waals surface area (Å²) in [6.45, 7) is 1.63. The molecule has 4 rings (SSSR count). The molecular weight excluding hydrogens is 506 g/mol. The molecule has 0 aliphatic rings. The molecule has 0 aliphatic heterocycles. The Hall–Kier alpha value is -3.99. The first kappa shape index (κ1) is 25.1. The van der Waals surface area contributed by atoms with Crippen LogP contribution in [0.4, 0.5) is 17.1 Å². The van der Waals surface area contributed by atoms with E-state index in [9.17, 15) is 22.9 Å². The molecular formula is C25H20ClN3O6S. The second kappa shape index (κ2) is 9.94. The average molecular weight is 526 g/mol. The first-order chi connectivity index (χ1) is 17.1. The number of anilines is 1. The number of aryl methyl sites for hydroxylation is 1. The predicted molar refractivity (Wildman–Crippen MR) is 137 cm³/mol. The van der Waals surface area contributed by atoms with Gasteiger partial charge in [-0.2, -0.15) is 8.42 Å². The third kappa shape index (κ3) is 5.15. The Morgan fingerprint density at radius 1 is 1.03 bits per heavy atom. The van der Waals surface area contributed by atoms with Crippen molar-refractivity contribution in [3.05, 3.63) is 82.9 Å². The van der Waals surface area contributed by atoms with Crippen molar-refractivity contribution in [3.63, 3.8) is 0 Å². The fourth-order valence-corrected chi connectivity index (χ4v) is 4.39. The van der Waals surface area contributed by atoms with Crippen LogP contribution in [0, 0.1) is 6.92 Å². The van der Waals surface area contributed by atoms with Crippen LogP contribution in [-0.2, 0) is 10.1 Å². The molecule has 0 aliphatic carbocycles. The van der Waals surface area contributed by atoms with Gasteiger partial charge in [-0.3, -0.25) is 9.35 Å². The minimum absolute atomic E-state index is 0.0576. The normalized spacial score (nSPS) is 11.7. The van der Waals surface area contributed by atoms with E-state index in [4.69, 9.17) is 16.3 Å². The quantitative estimate of drug-likeness (QED) is 0.196. The fourth-order valence-electron chi connectivity index (χ4n) is 3.53. The first-order valence-electron chi connectivity index (χ1n) is 10.5. The van der Waals surface area contributed by atoms with Crippen molar-refractivity contribution in [3.8, 4) is 11.5 Å². The lowest BCUT2D eigenvalue weighted by Gasteiger charge is -2.12. The van der Waals surface area contributed by atoms with Gasteiger partial charge in [-0.25, -0.2) is 0 Å². The molecule has 0 spiro atoms. The van der Waals surface area contributed by atoms with E-state index in [2.05, 4.69) is 15.5 Å². The Labute approximate surface area is 211 Å². The van der Waals surface area contributed by atoms with Gasteiger partial charge in [0.25, 0.3) is 16.0 Å². The number of carbonyl (C=O) groups is 1. The Morgan fingerprint density at radius 2 is 1.78 bits per heavy atom. The maximum atomic E-state index is 13.1. The summed E-state index contributed by atoms with van der Waals surface area (Å²) in [5.41, 5.74) is 0.627. The monoisotopic (exact) mass is 525 g/mol. The van der Waals surface area contributed by atoms with Gasteiger partial charge < -0.3 is 15.2 Å². The third-order valence-electron chi connectivity index (χ3n) is 5.34. The predicted octanol–water partition coefficient (Wildman–Crippen LogP) is 6.43. The van der Waals surface area contributed by atoms with Crippen LogP contribution in [0.2, 0.25) is 5.02 Å². The summed E-state index contributed by atoms with van der Waals surface area (Å²) in [7, 11) is -3.16. The van der Waals surface area contributed by atoms with Gasteiger partial charge in [0.05, 0.1) is 12.7 Å². The molecule has 0 saturated carbocycles. The topological polar surface area (TPSA) is 138 Å². The molecule has 11 heteroatoms. The van der Waals surface area contributed by atoms with E-state index in [0.717, 1.165) is 6.07 Å². The molecule has 4 aromatic carbocycles. The van der Waals surface area contributed by atoms with Crippen LogP contribution in [0.25, 0.3) is 10.8 Å². The lowest BCUT2D eigenvalue weighted by Crippen LogP contribution is -2.12. The number of benzene rings is 4. The highest BCUT2D eigenvalue weighted by Gasteiger charge is 2.21. The number of halogens is 1. The van der Waals surface area contributed by atoms with Crippen LogP contribution >= 0.6 is 11.6 Å². The molecule has 0 saturated heterocycles. The summed E-state index contributed by atoms with van der Waals surface area (Å²) in [5, 5.41) is 23.0. The number of fused-ring (bicyclic) bond motifs is 1. The number of rotatable bonds is 6. The number of phenolic OH excluding ortho intramolecular Hbond substituents is 1. The zero-order valence-corrected chi connectivity index (χ0v) is 20.6. The van der Waals surface area contributed by atoms with E-state index in [0.29, 0.717) is 27.8 Å². The van der Waals surface area contributed by atoms with Crippen molar-refractivity contribution in [2.45, 2.75) is 11.8 Å². The van der Waals surface area contributed by atoms with Crippen LogP contribution in [0.15, 0.2) is 81.9 Å². The van der Waals surface area contributed by atoms with Crippen LogP contribution in [-0.4, -0.2) is 31.1 Å². The first-order valence-corrected chi connectivity index (χ1v) is 12.3. The minimum Gasteiger partial charge on any atom is -0.505 e. The standard InChI is InChI=1S/C25H20ClN3O6S/c1-14-10-21(22(13-20(14)26)36(32,33)34)28-29-23-18-9-4-3-6-15(18)11-19(24(23)30)25(31)27-16-7-5-8-17(12-16)35-2/h3-13,30H,1-2H3,(H,27,31)(H,32,33,34). The van der Waals surface area contributed by atoms with Crippen molar-refractivity contribution in [2.75, 3.05) is 12.4 Å². The van der Waals surface area contributed by atoms with Crippen molar-refractivity contribution in [1.29, 1.82) is 0 Å². The maximum Gasteiger partial charge on any atom is 0.296 e. The molecule has 0 radical (unpaired) electrons. The van der Waals surface area contributed by atoms with Gasteiger partial charge >= 0.3 is 0 Å². The zero-order valence-electron chi connectivity index (χ0n) is 19.1. The van der Waals surface area contributed by atoms with Crippen LogP contribution < -0.4 is 10.1 Å². The molecule has 1 amide bonds. The summed E-state index contributed by atoms with van der Waals surface area (Å²) in [6.07, 6.45) is 0. The van der Waals surface area contributed by atoms with Gasteiger partial charge in [0.1, 0.15) is 22.0 Å². The van der Waals surface area contributed by atoms with Crippen LogP contribution in [0.3, 0.4) is 0 Å². The molecule has 0 bridgehead atoms. The molecule has 184 valence electrons. The van der Waals surface area contributed by atoms with E-state index < -0.39 is 26.7 Å². The maximum absolute atomic E-state index is 13.1. The van der Waals surface area contributed by atoms with Crippen LogP contribution in [0.1, 0.15) is 15.9 Å². The smallest absolute Gasteiger partial charge is 0.296 e. The lowest BCUT2D eigenvalue weighted by molar-refractivity contribution is 0.102. The van der Waals surface area contributed by atoms with Crippen molar-refractivity contribution in [2.24, 2.45) is 10.2 Å². The van der Waals surface area contributed by atoms with Gasteiger partial charge in [-0.15, -0.1) is 10.2 Å². The van der Waals surface area contributed by atoms with Gasteiger partial charge in [-0.05, 0) is 48.2 Å². The van der Waals surface area contributed by atoms with E-state index in [1.807, 2.05) is 0 Å². The van der Waals surface area contributed by atoms with E-state index >= 15 is 0 Å². The molecule has 3 N–H and O–H groups in total. The van der Waals surface area contributed by atoms with Gasteiger partial charge in [0.15, 0.2) is 5.75 Å². The molecule has 9 nitrogen and oxygen atoms in total. The highest BCUT2D eigenvalue weighted by atomic mass is 35.5. The summed E-state index contributed by atoms with van der Waals surface area (Å²) >= 11 is 6.01. The summed E-state index contributed by atoms with van der Waals surface area (Å²) in [4.78, 5) is 12.5. The number of hydrogen-bond donors (Lipinski definition) is 3. The van der Waals surface area contributed by atoms with Crippen molar-refractivity contribution < 1.29 is 27.6 Å². The third-order valence-corrected chi connectivity index (χ3v) is 6.63. The highest BCUT2D eigenvalue weighted by molar-refractivity contribution is 7.86. The molecule has 0 unspecified atom stereocenters. The fraction of sp³-hybridized carbons (Fsp3) is 0.0800. The number of methoxy groups -OCH3 is 1. The van der Waals surface area contributed by atoms with Crippen molar-refractivity contribution in [1.82, 2.24) is 0 Å². The zero-order chi connectivity index (χ0) is 26.0. The summed E-state index contributed by atoms with van der Waals surface area (Å²) in [5.74, 6) is -0.529. The minimum atomic E-state index is -4.67. The molecule has 0 fully saturated rings.